The van der Waals surface area contributed by atoms with Gasteiger partial charge in [0, 0.05) is 23.4 Å². The zero-order chi connectivity index (χ0) is 17.4. The van der Waals surface area contributed by atoms with Crippen molar-refractivity contribution in [3.63, 3.8) is 0 Å². The summed E-state index contributed by atoms with van der Waals surface area (Å²) in [5.41, 5.74) is 2.04. The van der Waals surface area contributed by atoms with Gasteiger partial charge in [-0.25, -0.2) is 4.98 Å². The van der Waals surface area contributed by atoms with Gasteiger partial charge in [0.25, 0.3) is 5.56 Å². The van der Waals surface area contributed by atoms with Gasteiger partial charge in [0.2, 0.25) is 5.91 Å². The molecule has 1 amide bonds. The zero-order valence-electron chi connectivity index (χ0n) is 14.5. The van der Waals surface area contributed by atoms with Gasteiger partial charge < -0.3 is 4.90 Å². The summed E-state index contributed by atoms with van der Waals surface area (Å²) in [5.74, 6) is 0.436. The SMILES string of the molecule is CC[C@H]1c2ccsc2CCN1C(=O)Cn1cnc(C2CCC2)cc1=O. The highest BCUT2D eigenvalue weighted by Crippen LogP contribution is 2.36. The molecular formula is C19H23N3O2S. The average Bonchev–Trinajstić information content (AvgIpc) is 3.03. The fourth-order valence-electron chi connectivity index (χ4n) is 3.86. The largest absolute Gasteiger partial charge is 0.334 e. The molecule has 3 heterocycles. The van der Waals surface area contributed by atoms with Crippen LogP contribution in [0, 0.1) is 0 Å². The maximum Gasteiger partial charge on any atom is 0.254 e. The molecule has 1 fully saturated rings. The molecule has 2 aliphatic rings. The molecule has 4 rings (SSSR count). The van der Waals surface area contributed by atoms with E-state index in [1.807, 2.05) is 4.90 Å². The Kier molecular flexibility index (Phi) is 4.46. The first kappa shape index (κ1) is 16.5. The lowest BCUT2D eigenvalue weighted by atomic mass is 9.83. The van der Waals surface area contributed by atoms with Gasteiger partial charge in [-0.05, 0) is 42.7 Å². The van der Waals surface area contributed by atoms with E-state index < -0.39 is 0 Å². The first-order valence-corrected chi connectivity index (χ1v) is 9.97. The van der Waals surface area contributed by atoms with E-state index in [-0.39, 0.29) is 24.1 Å². The number of nitrogens with zero attached hydrogens (tertiary/aromatic N) is 3. The van der Waals surface area contributed by atoms with Gasteiger partial charge in [-0.3, -0.25) is 14.2 Å². The average molecular weight is 357 g/mol. The number of hydrogen-bond acceptors (Lipinski definition) is 4. The summed E-state index contributed by atoms with van der Waals surface area (Å²) in [7, 11) is 0. The summed E-state index contributed by atoms with van der Waals surface area (Å²) in [5, 5.41) is 2.11. The summed E-state index contributed by atoms with van der Waals surface area (Å²) in [6.45, 7) is 2.92. The van der Waals surface area contributed by atoms with E-state index in [1.165, 1.54) is 21.4 Å². The van der Waals surface area contributed by atoms with Gasteiger partial charge in [0.1, 0.15) is 6.54 Å². The second-order valence-corrected chi connectivity index (χ2v) is 7.97. The van der Waals surface area contributed by atoms with E-state index in [1.54, 1.807) is 23.7 Å². The van der Waals surface area contributed by atoms with Crippen molar-refractivity contribution >= 4 is 17.2 Å². The van der Waals surface area contributed by atoms with Crippen LogP contribution in [-0.4, -0.2) is 26.9 Å². The number of aromatic nitrogens is 2. The Morgan fingerprint density at radius 1 is 1.40 bits per heavy atom. The normalized spacial score (nSPS) is 20.2. The van der Waals surface area contributed by atoms with E-state index in [0.717, 1.165) is 37.9 Å². The van der Waals surface area contributed by atoms with Crippen LogP contribution in [0.2, 0.25) is 0 Å². The topological polar surface area (TPSA) is 55.2 Å². The number of rotatable bonds is 4. The van der Waals surface area contributed by atoms with Crippen molar-refractivity contribution in [2.24, 2.45) is 0 Å². The molecule has 1 atom stereocenters. The van der Waals surface area contributed by atoms with Crippen LogP contribution in [0.15, 0.2) is 28.6 Å². The predicted molar refractivity (Wildman–Crippen MR) is 97.9 cm³/mol. The number of hydrogen-bond donors (Lipinski definition) is 0. The number of amides is 1. The van der Waals surface area contributed by atoms with E-state index in [0.29, 0.717) is 5.92 Å². The van der Waals surface area contributed by atoms with Crippen molar-refractivity contribution in [1.29, 1.82) is 0 Å². The minimum atomic E-state index is -0.119. The second kappa shape index (κ2) is 6.75. The van der Waals surface area contributed by atoms with E-state index in [4.69, 9.17) is 0 Å². The van der Waals surface area contributed by atoms with Crippen LogP contribution in [0.3, 0.4) is 0 Å². The van der Waals surface area contributed by atoms with Crippen molar-refractivity contribution in [3.8, 4) is 0 Å². The lowest BCUT2D eigenvalue weighted by Crippen LogP contribution is -2.42. The summed E-state index contributed by atoms with van der Waals surface area (Å²) in [6.07, 6.45) is 6.79. The molecule has 6 heteroatoms. The fourth-order valence-corrected chi connectivity index (χ4v) is 4.79. The van der Waals surface area contributed by atoms with Crippen LogP contribution in [0.4, 0.5) is 0 Å². The molecule has 0 spiro atoms. The summed E-state index contributed by atoms with van der Waals surface area (Å²) in [4.78, 5) is 33.0. The van der Waals surface area contributed by atoms with Crippen molar-refractivity contribution < 1.29 is 4.79 Å². The quantitative estimate of drug-likeness (QED) is 0.845. The molecule has 0 bridgehead atoms. The Bertz CT molecular complexity index is 837. The molecule has 0 aromatic carbocycles. The smallest absolute Gasteiger partial charge is 0.254 e. The Labute approximate surface area is 151 Å². The molecule has 1 saturated carbocycles. The molecule has 0 N–H and O–H groups in total. The second-order valence-electron chi connectivity index (χ2n) is 6.97. The Morgan fingerprint density at radius 3 is 2.92 bits per heavy atom. The summed E-state index contributed by atoms with van der Waals surface area (Å²) >= 11 is 1.77. The molecular weight excluding hydrogens is 334 g/mol. The van der Waals surface area contributed by atoms with Gasteiger partial charge in [-0.15, -0.1) is 11.3 Å². The van der Waals surface area contributed by atoms with Crippen LogP contribution in [-0.2, 0) is 17.8 Å². The van der Waals surface area contributed by atoms with Crippen LogP contribution in [0.1, 0.15) is 60.7 Å². The summed E-state index contributed by atoms with van der Waals surface area (Å²) in [6, 6.07) is 3.87. The molecule has 0 radical (unpaired) electrons. The van der Waals surface area contributed by atoms with Crippen molar-refractivity contribution in [2.75, 3.05) is 6.54 Å². The van der Waals surface area contributed by atoms with Gasteiger partial charge in [-0.2, -0.15) is 0 Å². The summed E-state index contributed by atoms with van der Waals surface area (Å²) < 4.78 is 1.44. The molecule has 0 unspecified atom stereocenters. The first-order valence-electron chi connectivity index (χ1n) is 9.09. The number of carbonyl (C=O) groups is 1. The lowest BCUT2D eigenvalue weighted by Gasteiger charge is -2.35. The molecule has 132 valence electrons. The number of carbonyl (C=O) groups excluding carboxylic acids is 1. The molecule has 1 aliphatic heterocycles. The van der Waals surface area contributed by atoms with Crippen LogP contribution < -0.4 is 5.56 Å². The third kappa shape index (κ3) is 3.03. The van der Waals surface area contributed by atoms with Crippen molar-refractivity contribution in [2.45, 2.75) is 57.5 Å². The van der Waals surface area contributed by atoms with E-state index in [2.05, 4.69) is 23.4 Å². The minimum Gasteiger partial charge on any atom is -0.334 e. The van der Waals surface area contributed by atoms with Gasteiger partial charge in [-0.1, -0.05) is 13.3 Å². The maximum atomic E-state index is 12.8. The van der Waals surface area contributed by atoms with E-state index in [9.17, 15) is 9.59 Å². The minimum absolute atomic E-state index is 0.00370. The fraction of sp³-hybridized carbons (Fsp3) is 0.526. The Morgan fingerprint density at radius 2 is 2.24 bits per heavy atom. The third-order valence-corrected chi connectivity index (χ3v) is 6.53. The highest BCUT2D eigenvalue weighted by Gasteiger charge is 2.30. The highest BCUT2D eigenvalue weighted by molar-refractivity contribution is 7.10. The van der Waals surface area contributed by atoms with Crippen LogP contribution in [0.5, 0.6) is 0 Å². The lowest BCUT2D eigenvalue weighted by molar-refractivity contribution is -0.134. The highest BCUT2D eigenvalue weighted by atomic mass is 32.1. The molecule has 1 aliphatic carbocycles. The van der Waals surface area contributed by atoms with Crippen molar-refractivity contribution in [3.05, 3.63) is 50.3 Å². The van der Waals surface area contributed by atoms with Crippen molar-refractivity contribution in [1.82, 2.24) is 14.5 Å². The third-order valence-electron chi connectivity index (χ3n) is 5.53. The van der Waals surface area contributed by atoms with Gasteiger partial charge in [0.15, 0.2) is 0 Å². The molecule has 0 saturated heterocycles. The van der Waals surface area contributed by atoms with E-state index >= 15 is 0 Å². The van der Waals surface area contributed by atoms with Crippen LogP contribution in [0.25, 0.3) is 0 Å². The number of thiophene rings is 1. The van der Waals surface area contributed by atoms with Gasteiger partial charge >= 0.3 is 0 Å². The number of fused-ring (bicyclic) bond motifs is 1. The first-order chi connectivity index (χ1) is 12.2. The standard InChI is InChI=1S/C19H23N3O2S/c1-2-16-14-7-9-25-17(14)6-8-22(16)19(24)11-21-12-20-15(10-18(21)23)13-4-3-5-13/h7,9-10,12-13,16H,2-6,8,11H2,1H3/t16-/m0/s1. The molecule has 25 heavy (non-hydrogen) atoms. The van der Waals surface area contributed by atoms with Gasteiger partial charge in [0.05, 0.1) is 18.1 Å². The molecule has 2 aromatic heterocycles. The van der Waals surface area contributed by atoms with Crippen LogP contribution >= 0.6 is 11.3 Å². The molecule has 2 aromatic rings. The molecule has 5 nitrogen and oxygen atoms in total. The monoisotopic (exact) mass is 357 g/mol. The zero-order valence-corrected chi connectivity index (χ0v) is 15.3. The Hall–Kier alpha value is -1.95. The predicted octanol–water partition coefficient (Wildman–Crippen LogP) is 3.11. The maximum absolute atomic E-state index is 12.8. The Balaban J connectivity index is 1.51.